The van der Waals surface area contributed by atoms with Gasteiger partial charge >= 0.3 is 0 Å². The first-order valence-electron chi connectivity index (χ1n) is 9.74. The predicted molar refractivity (Wildman–Crippen MR) is 117 cm³/mol. The smallest absolute Gasteiger partial charge is 0.259 e. The molecule has 1 unspecified atom stereocenters. The lowest BCUT2D eigenvalue weighted by Gasteiger charge is -2.34. The molecule has 1 atom stereocenters. The predicted octanol–water partition coefficient (Wildman–Crippen LogP) is 4.71. The number of carbonyl (C=O) groups excluding carboxylic acids is 1. The van der Waals surface area contributed by atoms with E-state index in [1.54, 1.807) is 30.3 Å². The number of aromatic nitrogens is 1. The van der Waals surface area contributed by atoms with Gasteiger partial charge in [0, 0.05) is 29.9 Å². The second kappa shape index (κ2) is 7.29. The van der Waals surface area contributed by atoms with Crippen molar-refractivity contribution in [3.8, 4) is 0 Å². The van der Waals surface area contributed by atoms with Gasteiger partial charge in [-0.1, -0.05) is 17.7 Å². The molecule has 1 aromatic carbocycles. The van der Waals surface area contributed by atoms with E-state index in [0.29, 0.717) is 38.1 Å². The molecule has 8 heteroatoms. The highest BCUT2D eigenvalue weighted by Gasteiger charge is 2.44. The molecule has 0 radical (unpaired) electrons. The van der Waals surface area contributed by atoms with Gasteiger partial charge in [-0.25, -0.2) is 14.0 Å². The van der Waals surface area contributed by atoms with Crippen LogP contribution >= 0.6 is 11.6 Å². The van der Waals surface area contributed by atoms with E-state index in [2.05, 4.69) is 15.2 Å². The van der Waals surface area contributed by atoms with Crippen LogP contribution < -0.4 is 10.2 Å². The second-order valence-electron chi connectivity index (χ2n) is 8.24. The fourth-order valence-corrected chi connectivity index (χ4v) is 4.70. The molecule has 29 heavy (non-hydrogen) atoms. The maximum absolute atomic E-state index is 13.1. The Labute approximate surface area is 176 Å². The first kappa shape index (κ1) is 20.2. The van der Waals surface area contributed by atoms with E-state index < -0.39 is 9.73 Å². The van der Waals surface area contributed by atoms with Crippen molar-refractivity contribution in [3.63, 3.8) is 0 Å². The lowest BCUT2D eigenvalue weighted by molar-refractivity contribution is 0.102. The molecular formula is C21H25ClN4O2S. The van der Waals surface area contributed by atoms with Crippen LogP contribution in [0.25, 0.3) is 0 Å². The van der Waals surface area contributed by atoms with E-state index in [4.69, 9.17) is 16.4 Å². The highest BCUT2D eigenvalue weighted by molar-refractivity contribution is 7.91. The van der Waals surface area contributed by atoms with Gasteiger partial charge in [-0.15, -0.1) is 0 Å². The second-order valence-corrected chi connectivity index (χ2v) is 10.8. The topological polar surface area (TPSA) is 86.2 Å². The number of rotatable bonds is 4. The summed E-state index contributed by atoms with van der Waals surface area (Å²) in [7, 11) is -2.86. The number of nitrogens with one attached hydrogen (secondary N) is 2. The molecule has 154 valence electrons. The quantitative estimate of drug-likeness (QED) is 0.732. The van der Waals surface area contributed by atoms with Crippen molar-refractivity contribution in [2.75, 3.05) is 29.6 Å². The molecule has 1 aliphatic carbocycles. The molecule has 2 heterocycles. The molecular weight excluding hydrogens is 408 g/mol. The third-order valence-corrected chi connectivity index (χ3v) is 7.53. The number of aryl methyl sites for hydroxylation is 1. The average molecular weight is 433 g/mol. The van der Waals surface area contributed by atoms with Gasteiger partial charge in [0.05, 0.1) is 26.0 Å². The summed E-state index contributed by atoms with van der Waals surface area (Å²) >= 11 is 6.29. The fraction of sp³-hybridized carbons (Fsp3) is 0.429. The minimum atomic E-state index is -2.86. The van der Waals surface area contributed by atoms with Crippen molar-refractivity contribution in [1.82, 2.24) is 4.98 Å². The van der Waals surface area contributed by atoms with Gasteiger partial charge in [-0.2, -0.15) is 0 Å². The maximum atomic E-state index is 13.1. The first-order valence-corrected chi connectivity index (χ1v) is 12.1. The number of hydrogen-bond donors (Lipinski definition) is 2. The number of piperidine rings is 1. The van der Waals surface area contributed by atoms with Crippen molar-refractivity contribution in [1.29, 1.82) is 4.78 Å². The molecule has 1 spiro atoms. The zero-order valence-corrected chi connectivity index (χ0v) is 18.2. The number of amides is 1. The van der Waals surface area contributed by atoms with Crippen molar-refractivity contribution >= 4 is 38.7 Å². The maximum Gasteiger partial charge on any atom is 0.259 e. The molecule has 6 nitrogen and oxygen atoms in total. The van der Waals surface area contributed by atoms with Crippen LogP contribution in [0.15, 0.2) is 35.2 Å². The summed E-state index contributed by atoms with van der Waals surface area (Å²) in [4.78, 5) is 20.3. The van der Waals surface area contributed by atoms with Crippen LogP contribution in [0.5, 0.6) is 0 Å². The summed E-state index contributed by atoms with van der Waals surface area (Å²) < 4.78 is 19.8. The Morgan fingerprint density at radius 2 is 1.93 bits per heavy atom. The van der Waals surface area contributed by atoms with Crippen LogP contribution in [-0.2, 0) is 9.73 Å². The number of halogens is 1. The van der Waals surface area contributed by atoms with Gasteiger partial charge in [0.15, 0.2) is 0 Å². The van der Waals surface area contributed by atoms with Crippen LogP contribution in [0.2, 0.25) is 5.02 Å². The van der Waals surface area contributed by atoms with Crippen LogP contribution in [0.4, 0.5) is 11.5 Å². The minimum absolute atomic E-state index is 0.314. The third kappa shape index (κ3) is 4.26. The van der Waals surface area contributed by atoms with Crippen LogP contribution in [0.1, 0.15) is 41.7 Å². The Kier molecular flexibility index (Phi) is 5.07. The van der Waals surface area contributed by atoms with E-state index in [0.717, 1.165) is 25.9 Å². The van der Waals surface area contributed by atoms with E-state index >= 15 is 0 Å². The van der Waals surface area contributed by atoms with Gasteiger partial charge in [0.25, 0.3) is 5.91 Å². The highest BCUT2D eigenvalue weighted by Crippen LogP contribution is 2.54. The number of carbonyl (C=O) groups is 1. The van der Waals surface area contributed by atoms with Crippen LogP contribution in [0, 0.1) is 17.1 Å². The Bertz CT molecular complexity index is 1070. The van der Waals surface area contributed by atoms with Crippen molar-refractivity contribution in [2.24, 2.45) is 5.41 Å². The van der Waals surface area contributed by atoms with Crippen LogP contribution in [0.3, 0.4) is 0 Å². The highest BCUT2D eigenvalue weighted by atomic mass is 35.5. The molecule has 2 aliphatic rings. The Hall–Kier alpha value is -2.12. The molecule has 1 saturated heterocycles. The van der Waals surface area contributed by atoms with Gasteiger partial charge in [-0.3, -0.25) is 4.79 Å². The number of hydrogen-bond acceptors (Lipinski definition) is 5. The minimum Gasteiger partial charge on any atom is -0.356 e. The lowest BCUT2D eigenvalue weighted by Crippen LogP contribution is -2.36. The van der Waals surface area contributed by atoms with Crippen molar-refractivity contribution in [2.45, 2.75) is 37.5 Å². The SMILES string of the molecule is Cc1nc(N2CCC3(CC2)CC3)c(C(=O)Nc2cccc(S(C)(=N)=O)c2)cc1Cl. The van der Waals surface area contributed by atoms with Gasteiger partial charge in [0.2, 0.25) is 0 Å². The number of pyridine rings is 1. The van der Waals surface area contributed by atoms with Gasteiger partial charge < -0.3 is 10.2 Å². The molecule has 0 bridgehead atoms. The first-order chi connectivity index (χ1) is 13.7. The average Bonchev–Trinajstić information content (AvgIpc) is 3.43. The third-order valence-electron chi connectivity index (χ3n) is 6.00. The molecule has 2 aromatic rings. The molecule has 2 N–H and O–H groups in total. The Morgan fingerprint density at radius 1 is 1.24 bits per heavy atom. The summed E-state index contributed by atoms with van der Waals surface area (Å²) in [5.41, 5.74) is 2.16. The lowest BCUT2D eigenvalue weighted by atomic mass is 9.93. The van der Waals surface area contributed by atoms with E-state index in [9.17, 15) is 9.00 Å². The Morgan fingerprint density at radius 3 is 2.55 bits per heavy atom. The Balaban J connectivity index is 1.62. The van der Waals surface area contributed by atoms with E-state index in [-0.39, 0.29) is 5.91 Å². The van der Waals surface area contributed by atoms with Crippen molar-refractivity contribution < 1.29 is 9.00 Å². The van der Waals surface area contributed by atoms with E-state index in [1.165, 1.54) is 19.1 Å². The molecule has 1 aliphatic heterocycles. The summed E-state index contributed by atoms with van der Waals surface area (Å²) in [6, 6.07) is 8.28. The fourth-order valence-electron chi connectivity index (χ4n) is 3.86. The molecule has 4 rings (SSSR count). The zero-order chi connectivity index (χ0) is 20.8. The van der Waals surface area contributed by atoms with E-state index in [1.807, 2.05) is 6.92 Å². The standard InChI is InChI=1S/C21H25ClN4O2S/c1-14-18(22)13-17(19(24-14)26-10-8-21(6-7-21)9-11-26)20(27)25-15-4-3-5-16(12-15)29(2,23)28/h3-5,12-13,23H,6-11H2,1-2H3,(H,25,27). The summed E-state index contributed by atoms with van der Waals surface area (Å²) in [6.45, 7) is 3.62. The monoisotopic (exact) mass is 432 g/mol. The zero-order valence-electron chi connectivity index (χ0n) is 16.6. The van der Waals surface area contributed by atoms with Crippen LogP contribution in [-0.4, -0.2) is 34.4 Å². The summed E-state index contributed by atoms with van der Waals surface area (Å²) in [6.07, 6.45) is 6.25. The summed E-state index contributed by atoms with van der Waals surface area (Å²) in [5.74, 6) is 0.349. The number of anilines is 2. The van der Waals surface area contributed by atoms with Gasteiger partial charge in [-0.05, 0) is 62.3 Å². The number of benzene rings is 1. The van der Waals surface area contributed by atoms with Crippen molar-refractivity contribution in [3.05, 3.63) is 46.6 Å². The molecule has 1 aromatic heterocycles. The number of nitrogens with zero attached hydrogens (tertiary/aromatic N) is 2. The molecule has 1 saturated carbocycles. The largest absolute Gasteiger partial charge is 0.356 e. The normalized spacial score (nSPS) is 19.6. The van der Waals surface area contributed by atoms with Gasteiger partial charge in [0.1, 0.15) is 5.82 Å². The molecule has 2 fully saturated rings. The summed E-state index contributed by atoms with van der Waals surface area (Å²) in [5, 5.41) is 3.30. The molecule has 1 amide bonds.